The highest BCUT2D eigenvalue weighted by atomic mass is 32.2. The molecule has 1 atom stereocenters. The molecule has 126 valence electrons. The first-order chi connectivity index (χ1) is 10.1. The number of piperidine rings is 1. The molecule has 6 nitrogen and oxygen atoms in total. The highest BCUT2D eigenvalue weighted by Gasteiger charge is 2.25. The van der Waals surface area contributed by atoms with E-state index in [-0.39, 0.29) is 11.3 Å². The average molecular weight is 328 g/mol. The fourth-order valence-electron chi connectivity index (χ4n) is 2.85. The van der Waals surface area contributed by atoms with E-state index in [2.05, 4.69) is 36.0 Å². The molecule has 1 aliphatic rings. The van der Waals surface area contributed by atoms with Gasteiger partial charge in [-0.15, -0.1) is 5.10 Å². The summed E-state index contributed by atoms with van der Waals surface area (Å²) in [7, 11) is -2.89. The molecule has 0 aromatic carbocycles. The lowest BCUT2D eigenvalue weighted by Crippen LogP contribution is -2.40. The molecule has 1 aliphatic heterocycles. The van der Waals surface area contributed by atoms with E-state index in [1.165, 1.54) is 19.1 Å². The fraction of sp³-hybridized carbons (Fsp3) is 0.867. The number of rotatable bonds is 5. The molecular formula is C15H28N4O2S. The highest BCUT2D eigenvalue weighted by molar-refractivity contribution is 7.90. The third-order valence-corrected chi connectivity index (χ3v) is 5.14. The Kier molecular flexibility index (Phi) is 5.27. The minimum absolute atomic E-state index is 0.0666. The summed E-state index contributed by atoms with van der Waals surface area (Å²) in [6.45, 7) is 8.06. The van der Waals surface area contributed by atoms with E-state index in [0.29, 0.717) is 12.5 Å². The number of nitrogens with zero attached hydrogens (tertiary/aromatic N) is 4. The molecule has 0 aliphatic carbocycles. The Balaban J connectivity index is 2.00. The second kappa shape index (κ2) is 6.66. The molecule has 1 unspecified atom stereocenters. The molecule has 1 fully saturated rings. The molecule has 0 amide bonds. The molecule has 0 radical (unpaired) electrons. The predicted molar refractivity (Wildman–Crippen MR) is 87.4 cm³/mol. The van der Waals surface area contributed by atoms with Crippen molar-refractivity contribution in [2.24, 2.45) is 0 Å². The van der Waals surface area contributed by atoms with Gasteiger partial charge in [-0.25, -0.2) is 13.1 Å². The molecular weight excluding hydrogens is 300 g/mol. The Morgan fingerprint density at radius 2 is 2.05 bits per heavy atom. The van der Waals surface area contributed by atoms with Crippen molar-refractivity contribution in [3.05, 3.63) is 11.9 Å². The Morgan fingerprint density at radius 3 is 2.64 bits per heavy atom. The van der Waals surface area contributed by atoms with Gasteiger partial charge in [0.2, 0.25) is 0 Å². The Labute approximate surface area is 133 Å². The van der Waals surface area contributed by atoms with E-state index in [1.807, 2.05) is 10.9 Å². The predicted octanol–water partition coefficient (Wildman–Crippen LogP) is 1.82. The second-order valence-corrected chi connectivity index (χ2v) is 9.62. The number of likely N-dealkylation sites (tertiary alicyclic amines) is 1. The van der Waals surface area contributed by atoms with Gasteiger partial charge in [0.1, 0.15) is 9.84 Å². The van der Waals surface area contributed by atoms with Crippen LogP contribution >= 0.6 is 0 Å². The maximum atomic E-state index is 11.4. The van der Waals surface area contributed by atoms with Crippen molar-refractivity contribution in [3.63, 3.8) is 0 Å². The largest absolute Gasteiger partial charge is 0.294 e. The lowest BCUT2D eigenvalue weighted by atomic mass is 10.00. The van der Waals surface area contributed by atoms with E-state index in [0.717, 1.165) is 25.2 Å². The van der Waals surface area contributed by atoms with Crippen LogP contribution in [0.25, 0.3) is 0 Å². The lowest BCUT2D eigenvalue weighted by molar-refractivity contribution is 0.135. The van der Waals surface area contributed by atoms with Gasteiger partial charge >= 0.3 is 0 Å². The van der Waals surface area contributed by atoms with Crippen molar-refractivity contribution in [1.29, 1.82) is 0 Å². The van der Waals surface area contributed by atoms with E-state index in [9.17, 15) is 8.42 Å². The third-order valence-electron chi connectivity index (χ3n) is 4.16. The van der Waals surface area contributed by atoms with Crippen LogP contribution in [0.15, 0.2) is 6.20 Å². The van der Waals surface area contributed by atoms with Crippen LogP contribution in [0.5, 0.6) is 0 Å². The normalized spacial score (nSPS) is 21.2. The second-order valence-electron chi connectivity index (χ2n) is 7.36. The SMILES string of the molecule is CC(C)(C)n1cc(CN2CCCCC2CCS(C)(=O)=O)nn1. The van der Waals surface area contributed by atoms with Crippen LogP contribution in [0, 0.1) is 0 Å². The van der Waals surface area contributed by atoms with Crippen LogP contribution in [-0.2, 0) is 21.9 Å². The van der Waals surface area contributed by atoms with Crippen LogP contribution in [0.1, 0.15) is 52.1 Å². The zero-order valence-electron chi connectivity index (χ0n) is 14.1. The Bertz CT molecular complexity index is 589. The van der Waals surface area contributed by atoms with Crippen LogP contribution < -0.4 is 0 Å². The quantitative estimate of drug-likeness (QED) is 0.825. The van der Waals surface area contributed by atoms with Crippen LogP contribution in [0.2, 0.25) is 0 Å². The summed E-state index contributed by atoms with van der Waals surface area (Å²) < 4.78 is 24.7. The third kappa shape index (κ3) is 5.05. The first-order valence-electron chi connectivity index (χ1n) is 7.99. The van der Waals surface area contributed by atoms with Crippen LogP contribution in [0.4, 0.5) is 0 Å². The van der Waals surface area contributed by atoms with Gasteiger partial charge < -0.3 is 0 Å². The molecule has 0 saturated carbocycles. The minimum atomic E-state index is -2.89. The summed E-state index contributed by atoms with van der Waals surface area (Å²) in [6, 6.07) is 0.336. The smallest absolute Gasteiger partial charge is 0.147 e. The summed E-state index contributed by atoms with van der Waals surface area (Å²) in [5.74, 6) is 0.267. The summed E-state index contributed by atoms with van der Waals surface area (Å²) >= 11 is 0. The lowest BCUT2D eigenvalue weighted by Gasteiger charge is -2.35. The van der Waals surface area contributed by atoms with Crippen molar-refractivity contribution < 1.29 is 8.42 Å². The van der Waals surface area contributed by atoms with Gasteiger partial charge in [0.05, 0.1) is 23.2 Å². The molecule has 22 heavy (non-hydrogen) atoms. The monoisotopic (exact) mass is 328 g/mol. The van der Waals surface area contributed by atoms with Crippen molar-refractivity contribution in [1.82, 2.24) is 19.9 Å². The zero-order valence-corrected chi connectivity index (χ0v) is 14.9. The maximum Gasteiger partial charge on any atom is 0.147 e. The van der Waals surface area contributed by atoms with Gasteiger partial charge in [-0.1, -0.05) is 11.6 Å². The first kappa shape index (κ1) is 17.4. The van der Waals surface area contributed by atoms with Gasteiger partial charge in [0.25, 0.3) is 0 Å². The molecule has 0 bridgehead atoms. The fourth-order valence-corrected chi connectivity index (χ4v) is 3.55. The van der Waals surface area contributed by atoms with Crippen molar-refractivity contribution in [2.75, 3.05) is 18.6 Å². The van der Waals surface area contributed by atoms with Crippen LogP contribution in [0.3, 0.4) is 0 Å². The Morgan fingerprint density at radius 1 is 1.32 bits per heavy atom. The van der Waals surface area contributed by atoms with E-state index in [1.54, 1.807) is 0 Å². The van der Waals surface area contributed by atoms with Gasteiger partial charge in [-0.3, -0.25) is 4.90 Å². The molecule has 0 N–H and O–H groups in total. The molecule has 7 heteroatoms. The van der Waals surface area contributed by atoms with E-state index >= 15 is 0 Å². The molecule has 2 rings (SSSR count). The molecule has 2 heterocycles. The van der Waals surface area contributed by atoms with Gasteiger partial charge in [0.15, 0.2) is 0 Å². The number of aromatic nitrogens is 3. The molecule has 0 spiro atoms. The first-order valence-corrected chi connectivity index (χ1v) is 10.0. The number of hydrogen-bond donors (Lipinski definition) is 0. The minimum Gasteiger partial charge on any atom is -0.294 e. The highest BCUT2D eigenvalue weighted by Crippen LogP contribution is 2.22. The summed E-state index contributed by atoms with van der Waals surface area (Å²) in [6.07, 6.45) is 7.45. The molecule has 1 saturated heterocycles. The summed E-state index contributed by atoms with van der Waals surface area (Å²) in [4.78, 5) is 2.37. The number of sulfone groups is 1. The van der Waals surface area contributed by atoms with E-state index in [4.69, 9.17) is 0 Å². The van der Waals surface area contributed by atoms with Crippen molar-refractivity contribution in [2.45, 2.75) is 64.6 Å². The topological polar surface area (TPSA) is 68.1 Å². The van der Waals surface area contributed by atoms with Crippen molar-refractivity contribution in [3.8, 4) is 0 Å². The number of hydrogen-bond acceptors (Lipinski definition) is 5. The zero-order chi connectivity index (χ0) is 16.4. The van der Waals surface area contributed by atoms with Gasteiger partial charge in [0, 0.05) is 18.8 Å². The molecule has 1 aromatic heterocycles. The van der Waals surface area contributed by atoms with Crippen LogP contribution in [-0.4, -0.2) is 52.9 Å². The Hall–Kier alpha value is -0.950. The van der Waals surface area contributed by atoms with E-state index < -0.39 is 9.84 Å². The molecule has 1 aromatic rings. The average Bonchev–Trinajstić information content (AvgIpc) is 2.85. The van der Waals surface area contributed by atoms with Crippen molar-refractivity contribution >= 4 is 9.84 Å². The van der Waals surface area contributed by atoms with Gasteiger partial charge in [-0.05, 0) is 46.6 Å². The standard InChI is InChI=1S/C15H28N4O2S/c1-15(2,3)19-12-13(16-17-19)11-18-9-6-5-7-14(18)8-10-22(4,20)21/h12,14H,5-11H2,1-4H3. The maximum absolute atomic E-state index is 11.4. The summed E-state index contributed by atoms with van der Waals surface area (Å²) in [5, 5.41) is 8.48. The summed E-state index contributed by atoms with van der Waals surface area (Å²) in [5.41, 5.74) is 0.893. The van der Waals surface area contributed by atoms with Gasteiger partial charge in [-0.2, -0.15) is 0 Å².